The Kier molecular flexibility index (Phi) is 4.65. The smallest absolute Gasteiger partial charge is 0.349 e. The molecule has 0 N–H and O–H groups in total. The fourth-order valence-electron chi connectivity index (χ4n) is 6.95. The molecule has 0 atom stereocenters. The molecule has 5 heteroatoms. The lowest BCUT2D eigenvalue weighted by Gasteiger charge is -2.55. The summed E-state index contributed by atoms with van der Waals surface area (Å²) < 4.78 is 7.65. The third-order valence-electron chi connectivity index (χ3n) is 8.04. The van der Waals surface area contributed by atoms with Crippen LogP contribution in [-0.2, 0) is 14.3 Å². The summed E-state index contributed by atoms with van der Waals surface area (Å²) in [7, 11) is 0. The van der Waals surface area contributed by atoms with Crippen molar-refractivity contribution >= 4 is 17.8 Å². The average Bonchev–Trinajstić information content (AvgIpc) is 3.48. The van der Waals surface area contributed by atoms with E-state index in [1.165, 1.54) is 32.1 Å². The van der Waals surface area contributed by atoms with Crippen LogP contribution in [0.1, 0.15) is 74.4 Å². The summed E-state index contributed by atoms with van der Waals surface area (Å²) in [5.74, 6) is 1.40. The second kappa shape index (κ2) is 7.11. The summed E-state index contributed by atoms with van der Waals surface area (Å²) >= 11 is 0. The Balaban J connectivity index is 1.27. The van der Waals surface area contributed by atoms with Crippen LogP contribution < -0.4 is 0 Å². The van der Waals surface area contributed by atoms with E-state index in [2.05, 4.69) is 11.5 Å². The van der Waals surface area contributed by atoms with E-state index in [1.807, 2.05) is 19.1 Å². The topological polar surface area (TPSA) is 72.1 Å². The molecule has 5 aliphatic rings. The molecular weight excluding hydrogens is 376 g/mol. The van der Waals surface area contributed by atoms with Gasteiger partial charge in [-0.05, 0) is 101 Å². The highest BCUT2D eigenvalue weighted by molar-refractivity contribution is 5.99. The number of nitriles is 1. The molecule has 0 aromatic carbocycles. The first-order valence-corrected chi connectivity index (χ1v) is 11.4. The second-order valence-electron chi connectivity index (χ2n) is 10.3. The molecule has 1 aromatic rings. The highest BCUT2D eigenvalue weighted by atomic mass is 16.5. The van der Waals surface area contributed by atoms with Gasteiger partial charge in [-0.1, -0.05) is 0 Å². The Labute approximate surface area is 178 Å². The maximum Gasteiger partial charge on any atom is 0.349 e. The van der Waals surface area contributed by atoms with Crippen molar-refractivity contribution in [2.45, 2.75) is 71.3 Å². The van der Waals surface area contributed by atoms with Crippen molar-refractivity contribution < 1.29 is 14.3 Å². The third-order valence-corrected chi connectivity index (χ3v) is 8.04. The summed E-state index contributed by atoms with van der Waals surface area (Å²) in [6.07, 6.45) is 10.7. The van der Waals surface area contributed by atoms with Gasteiger partial charge < -0.3 is 9.30 Å². The summed E-state index contributed by atoms with van der Waals surface area (Å²) in [5.41, 5.74) is 2.77. The summed E-state index contributed by atoms with van der Waals surface area (Å²) in [5, 5.41) is 9.53. The van der Waals surface area contributed by atoms with Crippen LogP contribution in [0.25, 0.3) is 6.08 Å². The lowest BCUT2D eigenvalue weighted by molar-refractivity contribution is -0.155. The second-order valence-corrected chi connectivity index (χ2v) is 10.3. The molecule has 0 unspecified atom stereocenters. The van der Waals surface area contributed by atoms with Gasteiger partial charge in [0.05, 0.1) is 0 Å². The van der Waals surface area contributed by atoms with Crippen molar-refractivity contribution in [1.82, 2.24) is 4.57 Å². The van der Waals surface area contributed by atoms with Crippen LogP contribution in [0.4, 0.5) is 0 Å². The maximum atomic E-state index is 13.1. The van der Waals surface area contributed by atoms with Gasteiger partial charge in [-0.3, -0.25) is 4.79 Å². The number of nitrogens with zero attached hydrogens (tertiary/aromatic N) is 2. The standard InChI is InChI=1S/C25H30N2O3/c1-15-5-20(16(2)27(15)22-3-4-22)9-21(13-26)24(29)30-14-23(28)25-10-17-6-18(11-25)8-19(7-17)12-25/h5,9,17-19,22H,3-4,6-8,10-12,14H2,1-2H3/b21-9+. The largest absolute Gasteiger partial charge is 0.454 e. The molecule has 5 aliphatic carbocycles. The lowest BCUT2D eigenvalue weighted by atomic mass is 9.48. The van der Waals surface area contributed by atoms with Gasteiger partial charge in [0, 0.05) is 22.8 Å². The first kappa shape index (κ1) is 19.6. The molecule has 0 spiro atoms. The van der Waals surface area contributed by atoms with E-state index < -0.39 is 5.97 Å². The zero-order chi connectivity index (χ0) is 21.0. The number of rotatable bonds is 6. The SMILES string of the molecule is Cc1cc(/C=C(\C#N)C(=O)OCC(=O)C23CC4CC(CC(C4)C2)C3)c(C)n1C1CC1. The summed E-state index contributed by atoms with van der Waals surface area (Å²) in [6, 6.07) is 4.53. The van der Waals surface area contributed by atoms with Gasteiger partial charge in [0.15, 0.2) is 12.4 Å². The summed E-state index contributed by atoms with van der Waals surface area (Å²) in [6.45, 7) is 3.87. The van der Waals surface area contributed by atoms with Crippen LogP contribution >= 0.6 is 0 Å². The molecule has 5 fully saturated rings. The third kappa shape index (κ3) is 3.31. The van der Waals surface area contributed by atoms with Crippen LogP contribution in [0.15, 0.2) is 11.6 Å². The van der Waals surface area contributed by atoms with Crippen molar-refractivity contribution in [3.63, 3.8) is 0 Å². The van der Waals surface area contributed by atoms with Crippen molar-refractivity contribution in [2.75, 3.05) is 6.61 Å². The Hall–Kier alpha value is -2.35. The highest BCUT2D eigenvalue weighted by Crippen LogP contribution is 2.60. The van der Waals surface area contributed by atoms with Crippen LogP contribution in [0.5, 0.6) is 0 Å². The minimum atomic E-state index is -0.688. The minimum absolute atomic E-state index is 0.0376. The van der Waals surface area contributed by atoms with E-state index in [1.54, 1.807) is 6.08 Å². The number of hydrogen-bond donors (Lipinski definition) is 0. The molecule has 0 saturated heterocycles. The highest BCUT2D eigenvalue weighted by Gasteiger charge is 2.54. The fourth-order valence-corrected chi connectivity index (χ4v) is 6.95. The Morgan fingerprint density at radius 2 is 1.77 bits per heavy atom. The van der Waals surface area contributed by atoms with E-state index in [4.69, 9.17) is 4.74 Å². The number of aromatic nitrogens is 1. The Morgan fingerprint density at radius 3 is 2.30 bits per heavy atom. The number of ketones is 1. The number of Topliss-reactive ketones (excluding diaryl/α,β-unsaturated/α-hetero) is 1. The van der Waals surface area contributed by atoms with Gasteiger partial charge in [0.2, 0.25) is 0 Å². The number of ether oxygens (including phenoxy) is 1. The molecule has 0 amide bonds. The first-order chi connectivity index (χ1) is 14.4. The predicted molar refractivity (Wildman–Crippen MR) is 112 cm³/mol. The molecule has 0 radical (unpaired) electrons. The van der Waals surface area contributed by atoms with Crippen LogP contribution in [-0.4, -0.2) is 22.9 Å². The van der Waals surface area contributed by atoms with E-state index in [0.29, 0.717) is 23.8 Å². The summed E-state index contributed by atoms with van der Waals surface area (Å²) in [4.78, 5) is 25.7. The molecule has 5 nitrogen and oxygen atoms in total. The monoisotopic (exact) mass is 406 g/mol. The van der Waals surface area contributed by atoms with Gasteiger partial charge in [0.1, 0.15) is 11.6 Å². The molecule has 1 aromatic heterocycles. The number of aryl methyl sites for hydroxylation is 1. The maximum absolute atomic E-state index is 13.1. The fraction of sp³-hybridized carbons (Fsp3) is 0.640. The van der Waals surface area contributed by atoms with Crippen molar-refractivity contribution in [2.24, 2.45) is 23.2 Å². The average molecular weight is 407 g/mol. The van der Waals surface area contributed by atoms with Crippen molar-refractivity contribution in [3.05, 3.63) is 28.6 Å². The zero-order valence-electron chi connectivity index (χ0n) is 17.9. The Bertz CT molecular complexity index is 938. The molecule has 0 aliphatic heterocycles. The molecule has 4 bridgehead atoms. The molecule has 1 heterocycles. The van der Waals surface area contributed by atoms with E-state index in [0.717, 1.165) is 36.2 Å². The normalized spacial score (nSPS) is 32.2. The van der Waals surface area contributed by atoms with E-state index in [-0.39, 0.29) is 23.4 Å². The molecule has 30 heavy (non-hydrogen) atoms. The number of esters is 1. The van der Waals surface area contributed by atoms with Gasteiger partial charge in [0.25, 0.3) is 0 Å². The number of carbonyl (C=O) groups excluding carboxylic acids is 2. The van der Waals surface area contributed by atoms with Crippen LogP contribution in [0.3, 0.4) is 0 Å². The minimum Gasteiger partial charge on any atom is -0.454 e. The van der Waals surface area contributed by atoms with Crippen molar-refractivity contribution in [3.8, 4) is 6.07 Å². The molecule has 6 rings (SSSR count). The van der Waals surface area contributed by atoms with E-state index >= 15 is 0 Å². The molecule has 5 saturated carbocycles. The zero-order valence-corrected chi connectivity index (χ0v) is 17.9. The van der Waals surface area contributed by atoms with Gasteiger partial charge in [-0.2, -0.15) is 5.26 Å². The molecular formula is C25H30N2O3. The first-order valence-electron chi connectivity index (χ1n) is 11.4. The quantitative estimate of drug-likeness (QED) is 0.391. The van der Waals surface area contributed by atoms with Crippen LogP contribution in [0.2, 0.25) is 0 Å². The van der Waals surface area contributed by atoms with E-state index in [9.17, 15) is 14.9 Å². The predicted octanol–water partition coefficient (Wildman–Crippen LogP) is 4.68. The lowest BCUT2D eigenvalue weighted by Crippen LogP contribution is -2.51. The Morgan fingerprint density at radius 1 is 1.17 bits per heavy atom. The van der Waals surface area contributed by atoms with Gasteiger partial charge in [-0.15, -0.1) is 0 Å². The van der Waals surface area contributed by atoms with Gasteiger partial charge >= 0.3 is 5.97 Å². The number of carbonyl (C=O) groups is 2. The van der Waals surface area contributed by atoms with Crippen molar-refractivity contribution in [1.29, 1.82) is 5.26 Å². The number of hydrogen-bond acceptors (Lipinski definition) is 4. The van der Waals surface area contributed by atoms with Crippen LogP contribution in [0, 0.1) is 48.3 Å². The van der Waals surface area contributed by atoms with Gasteiger partial charge in [-0.25, -0.2) is 4.79 Å². The molecule has 158 valence electrons.